The van der Waals surface area contributed by atoms with Gasteiger partial charge in [-0.2, -0.15) is 5.26 Å². The van der Waals surface area contributed by atoms with E-state index in [0.29, 0.717) is 37.6 Å². The first kappa shape index (κ1) is 28.4. The maximum atomic E-state index is 9.49. The number of aromatic nitrogens is 5. The smallest absolute Gasteiger partial charge is 0.214 e. The van der Waals surface area contributed by atoms with Gasteiger partial charge in [-0.1, -0.05) is 30.3 Å². The number of ether oxygens (including phenoxy) is 2. The van der Waals surface area contributed by atoms with Crippen molar-refractivity contribution < 1.29 is 9.47 Å². The van der Waals surface area contributed by atoms with Crippen LogP contribution in [0.3, 0.4) is 0 Å². The van der Waals surface area contributed by atoms with Crippen LogP contribution in [0.1, 0.15) is 52.7 Å². The summed E-state index contributed by atoms with van der Waals surface area (Å²) in [7, 11) is 0. The van der Waals surface area contributed by atoms with E-state index in [1.807, 2.05) is 48.9 Å². The van der Waals surface area contributed by atoms with Crippen LogP contribution in [0.2, 0.25) is 0 Å². The molecule has 0 radical (unpaired) electrons. The van der Waals surface area contributed by atoms with Crippen molar-refractivity contribution in [2.75, 3.05) is 6.61 Å². The highest BCUT2D eigenvalue weighted by Gasteiger charge is 2.18. The van der Waals surface area contributed by atoms with Gasteiger partial charge in [-0.05, 0) is 79.8 Å². The highest BCUT2D eigenvalue weighted by atomic mass is 16.5. The average molecular weight is 595 g/mol. The van der Waals surface area contributed by atoms with E-state index in [0.717, 1.165) is 75.6 Å². The van der Waals surface area contributed by atoms with E-state index in [1.165, 1.54) is 5.56 Å². The molecule has 224 valence electrons. The molecule has 6 aromatic rings. The number of nitrogens with zero attached hydrogens (tertiary/aromatic N) is 6. The molecule has 4 heterocycles. The second kappa shape index (κ2) is 12.3. The maximum Gasteiger partial charge on any atom is 0.214 e. The van der Waals surface area contributed by atoms with Gasteiger partial charge in [0.1, 0.15) is 18.2 Å². The van der Waals surface area contributed by atoms with Crippen LogP contribution in [-0.2, 0) is 32.5 Å². The number of pyridine rings is 1. The van der Waals surface area contributed by atoms with Crippen LogP contribution in [-0.4, -0.2) is 30.7 Å². The molecule has 0 N–H and O–H groups in total. The Balaban J connectivity index is 1.26. The van der Waals surface area contributed by atoms with Gasteiger partial charge in [0.25, 0.3) is 0 Å². The van der Waals surface area contributed by atoms with Gasteiger partial charge in [-0.25, -0.2) is 15.0 Å². The second-order valence-corrected chi connectivity index (χ2v) is 11.5. The Morgan fingerprint density at radius 3 is 2.78 bits per heavy atom. The fourth-order valence-corrected chi connectivity index (χ4v) is 6.01. The minimum Gasteiger partial charge on any atom is -0.493 e. The first-order chi connectivity index (χ1) is 22.1. The predicted molar refractivity (Wildman–Crippen MR) is 173 cm³/mol. The zero-order valence-corrected chi connectivity index (χ0v) is 25.5. The molecular weight excluding hydrogens is 560 g/mol. The lowest BCUT2D eigenvalue weighted by molar-refractivity contribution is 0.290. The molecule has 0 saturated carbocycles. The Morgan fingerprint density at radius 2 is 1.89 bits per heavy atom. The molecule has 3 aromatic heterocycles. The first-order valence-electron chi connectivity index (χ1n) is 15.4. The molecule has 45 heavy (non-hydrogen) atoms. The van der Waals surface area contributed by atoms with Crippen LogP contribution in [0.25, 0.3) is 22.3 Å². The van der Waals surface area contributed by atoms with Crippen molar-refractivity contribution in [1.29, 1.82) is 5.26 Å². The summed E-state index contributed by atoms with van der Waals surface area (Å²) in [6.45, 7) is 6.71. The molecule has 1 aliphatic rings. The highest BCUT2D eigenvalue weighted by molar-refractivity contribution is 5.77. The standard InChI is InChI=1S/C37H34N6O2/c1-3-42-24-39-21-31(42)22-43-34-16-25(2)9-14-33(34)40-36(43)19-29-13-12-28-18-35(29)44-15-5-6-27-17-26(20-38)10-11-30(27)23-45-37-8-4-7-32(28)41-37/h4,7-14,16-18,21,24H,3,5-6,15,19,22-23H2,1-2H3. The monoisotopic (exact) mass is 594 g/mol. The quantitative estimate of drug-likeness (QED) is 0.213. The molecule has 0 aliphatic carbocycles. The van der Waals surface area contributed by atoms with Crippen molar-refractivity contribution in [1.82, 2.24) is 24.1 Å². The number of aryl methyl sites for hydroxylation is 3. The van der Waals surface area contributed by atoms with E-state index in [9.17, 15) is 5.26 Å². The SMILES string of the molecule is CCn1cncc1Cn1c(Cc2ccc3cc2OCCCc2cc(C#N)ccc2COc2cccc-3n2)nc2ccc(C)cc21. The maximum absolute atomic E-state index is 9.49. The zero-order valence-electron chi connectivity index (χ0n) is 25.5. The van der Waals surface area contributed by atoms with Crippen LogP contribution in [0.4, 0.5) is 0 Å². The summed E-state index contributed by atoms with van der Waals surface area (Å²) >= 11 is 0. The van der Waals surface area contributed by atoms with Crippen molar-refractivity contribution >= 4 is 11.0 Å². The third-order valence-corrected chi connectivity index (χ3v) is 8.44. The minimum absolute atomic E-state index is 0.391. The van der Waals surface area contributed by atoms with Crippen molar-refractivity contribution in [3.05, 3.63) is 125 Å². The Labute approximate surface area is 262 Å². The predicted octanol–water partition coefficient (Wildman–Crippen LogP) is 7.04. The summed E-state index contributed by atoms with van der Waals surface area (Å²) in [5.74, 6) is 2.34. The van der Waals surface area contributed by atoms with E-state index in [-0.39, 0.29) is 0 Å². The zero-order chi connectivity index (χ0) is 30.8. The lowest BCUT2D eigenvalue weighted by atomic mass is 10.0. The third-order valence-electron chi connectivity index (χ3n) is 8.44. The molecular formula is C37H34N6O2. The van der Waals surface area contributed by atoms with Crippen molar-refractivity contribution in [3.8, 4) is 29.0 Å². The molecule has 0 atom stereocenters. The topological polar surface area (TPSA) is 90.8 Å². The van der Waals surface area contributed by atoms with E-state index in [1.54, 1.807) is 0 Å². The number of hydrogen-bond acceptors (Lipinski definition) is 6. The normalized spacial score (nSPS) is 12.9. The van der Waals surface area contributed by atoms with Crippen LogP contribution in [0, 0.1) is 18.3 Å². The molecule has 4 bridgehead atoms. The molecule has 0 amide bonds. The summed E-state index contributed by atoms with van der Waals surface area (Å²) in [5.41, 5.74) is 10.0. The third kappa shape index (κ3) is 5.89. The number of fused-ring (bicyclic) bond motifs is 7. The molecule has 0 fully saturated rings. The van der Waals surface area contributed by atoms with Crippen molar-refractivity contribution in [2.45, 2.75) is 52.8 Å². The number of rotatable bonds is 5. The fraction of sp³-hybridized carbons (Fsp3) is 0.243. The van der Waals surface area contributed by atoms with Gasteiger partial charge in [0.05, 0.1) is 53.5 Å². The molecule has 8 heteroatoms. The second-order valence-electron chi connectivity index (χ2n) is 11.5. The fourth-order valence-electron chi connectivity index (χ4n) is 6.01. The Kier molecular flexibility index (Phi) is 7.75. The highest BCUT2D eigenvalue weighted by Crippen LogP contribution is 2.31. The number of nitriles is 1. The van der Waals surface area contributed by atoms with Crippen LogP contribution >= 0.6 is 0 Å². The lowest BCUT2D eigenvalue weighted by Crippen LogP contribution is -2.11. The summed E-state index contributed by atoms with van der Waals surface area (Å²) in [6.07, 6.45) is 6.01. The molecule has 0 saturated heterocycles. The van der Waals surface area contributed by atoms with E-state index in [2.05, 4.69) is 70.4 Å². The van der Waals surface area contributed by atoms with Gasteiger partial charge >= 0.3 is 0 Å². The summed E-state index contributed by atoms with van der Waals surface area (Å²) < 4.78 is 17.2. The van der Waals surface area contributed by atoms with Crippen molar-refractivity contribution in [3.63, 3.8) is 0 Å². The van der Waals surface area contributed by atoms with Gasteiger partial charge in [-0.15, -0.1) is 0 Å². The van der Waals surface area contributed by atoms with Gasteiger partial charge in [0.15, 0.2) is 0 Å². The van der Waals surface area contributed by atoms with Gasteiger partial charge in [0.2, 0.25) is 5.88 Å². The van der Waals surface area contributed by atoms with Crippen molar-refractivity contribution in [2.24, 2.45) is 0 Å². The molecule has 3 aromatic carbocycles. The van der Waals surface area contributed by atoms with Gasteiger partial charge in [-0.3, -0.25) is 0 Å². The van der Waals surface area contributed by atoms with Crippen LogP contribution in [0.5, 0.6) is 11.6 Å². The molecule has 1 aliphatic heterocycles. The largest absolute Gasteiger partial charge is 0.493 e. The van der Waals surface area contributed by atoms with Gasteiger partial charge in [0, 0.05) is 36.4 Å². The van der Waals surface area contributed by atoms with Crippen LogP contribution in [0.15, 0.2) is 85.3 Å². The lowest BCUT2D eigenvalue weighted by Gasteiger charge is -2.17. The first-order valence-corrected chi connectivity index (χ1v) is 15.4. The molecule has 8 nitrogen and oxygen atoms in total. The molecule has 0 unspecified atom stereocenters. The molecule has 0 spiro atoms. The minimum atomic E-state index is 0.391. The summed E-state index contributed by atoms with van der Waals surface area (Å²) in [4.78, 5) is 14.3. The van der Waals surface area contributed by atoms with E-state index in [4.69, 9.17) is 19.4 Å². The summed E-state index contributed by atoms with van der Waals surface area (Å²) in [6, 6.07) is 26.6. The Bertz CT molecular complexity index is 2050. The van der Waals surface area contributed by atoms with Gasteiger partial charge < -0.3 is 18.6 Å². The Morgan fingerprint density at radius 1 is 0.956 bits per heavy atom. The Hall–Kier alpha value is -5.42. The van der Waals surface area contributed by atoms with Crippen LogP contribution < -0.4 is 9.47 Å². The number of hydrogen-bond donors (Lipinski definition) is 0. The number of imidazole rings is 2. The summed E-state index contributed by atoms with van der Waals surface area (Å²) in [5, 5.41) is 9.49. The number of benzene rings is 3. The molecule has 7 rings (SSSR count). The van der Waals surface area contributed by atoms with E-state index >= 15 is 0 Å². The van der Waals surface area contributed by atoms with E-state index < -0.39 is 0 Å². The average Bonchev–Trinajstić information content (AvgIpc) is 3.66.